The Kier molecular flexibility index (Phi) is 5.57. The maximum atomic E-state index is 12.5. The Morgan fingerprint density at radius 3 is 2.57 bits per heavy atom. The van der Waals surface area contributed by atoms with Gasteiger partial charge in [0.2, 0.25) is 11.8 Å². The van der Waals surface area contributed by atoms with Gasteiger partial charge in [0.15, 0.2) is 0 Å². The highest BCUT2D eigenvalue weighted by Gasteiger charge is 2.24. The summed E-state index contributed by atoms with van der Waals surface area (Å²) in [4.78, 5) is 22.3. The first-order valence-corrected chi connectivity index (χ1v) is 10.2. The van der Waals surface area contributed by atoms with Crippen LogP contribution in [-0.4, -0.2) is 57.9 Å². The summed E-state index contributed by atoms with van der Waals surface area (Å²) in [6.07, 6.45) is 1.76. The van der Waals surface area contributed by atoms with Gasteiger partial charge in [-0.3, -0.25) is 4.79 Å². The van der Waals surface area contributed by atoms with Gasteiger partial charge in [0.05, 0.1) is 11.3 Å². The summed E-state index contributed by atoms with van der Waals surface area (Å²) in [5.74, 6) is 2.44. The van der Waals surface area contributed by atoms with E-state index in [0.717, 1.165) is 29.4 Å². The van der Waals surface area contributed by atoms with E-state index in [1.165, 1.54) is 0 Å². The van der Waals surface area contributed by atoms with Crippen molar-refractivity contribution in [3.8, 4) is 11.5 Å². The highest BCUT2D eigenvalue weighted by atomic mass is 32.2. The van der Waals surface area contributed by atoms with Crippen LogP contribution < -0.4 is 4.90 Å². The summed E-state index contributed by atoms with van der Waals surface area (Å²) < 4.78 is 5.58. The molecule has 28 heavy (non-hydrogen) atoms. The van der Waals surface area contributed by atoms with E-state index in [-0.39, 0.29) is 5.91 Å². The third-order valence-electron chi connectivity index (χ3n) is 4.58. The summed E-state index contributed by atoms with van der Waals surface area (Å²) in [6.45, 7) is 4.56. The molecule has 0 unspecified atom stereocenters. The Labute approximate surface area is 167 Å². The first-order valence-electron chi connectivity index (χ1n) is 9.17. The molecule has 3 heterocycles. The molecule has 0 radical (unpaired) electrons. The molecule has 1 fully saturated rings. The van der Waals surface area contributed by atoms with Crippen molar-refractivity contribution in [2.45, 2.75) is 11.8 Å². The monoisotopic (exact) mass is 395 g/mol. The van der Waals surface area contributed by atoms with Crippen LogP contribution in [0.1, 0.15) is 5.89 Å². The zero-order valence-electron chi connectivity index (χ0n) is 15.6. The standard InChI is InChI=1S/C20H21N5O2S/c1-15-22-23-20(27-15)17-8-5-9-21-19(17)25-12-10-24(11-13-25)18(26)14-28-16-6-3-2-4-7-16/h2-9H,10-14H2,1H3. The molecule has 1 aromatic carbocycles. The molecule has 0 atom stereocenters. The molecule has 1 aliphatic heterocycles. The molecule has 8 heteroatoms. The van der Waals surface area contributed by atoms with Crippen molar-refractivity contribution in [3.63, 3.8) is 0 Å². The van der Waals surface area contributed by atoms with Gasteiger partial charge in [-0.15, -0.1) is 22.0 Å². The number of nitrogens with zero attached hydrogens (tertiary/aromatic N) is 5. The van der Waals surface area contributed by atoms with Crippen molar-refractivity contribution in [2.75, 3.05) is 36.8 Å². The number of carbonyl (C=O) groups is 1. The first-order chi connectivity index (χ1) is 13.7. The van der Waals surface area contributed by atoms with E-state index in [9.17, 15) is 4.79 Å². The topological polar surface area (TPSA) is 75.4 Å². The number of hydrogen-bond acceptors (Lipinski definition) is 7. The molecule has 0 N–H and O–H groups in total. The normalized spacial score (nSPS) is 14.3. The quantitative estimate of drug-likeness (QED) is 0.615. The molecule has 0 spiro atoms. The number of aryl methyl sites for hydroxylation is 1. The smallest absolute Gasteiger partial charge is 0.251 e. The first kappa shape index (κ1) is 18.5. The predicted molar refractivity (Wildman–Crippen MR) is 108 cm³/mol. The minimum atomic E-state index is 0.169. The number of hydrogen-bond donors (Lipinski definition) is 0. The average molecular weight is 395 g/mol. The van der Waals surface area contributed by atoms with Crippen LogP contribution in [0.15, 0.2) is 58.0 Å². The van der Waals surface area contributed by atoms with Crippen molar-refractivity contribution < 1.29 is 9.21 Å². The number of pyridine rings is 1. The molecule has 0 bridgehead atoms. The summed E-state index contributed by atoms with van der Waals surface area (Å²) in [5.41, 5.74) is 0.822. The van der Waals surface area contributed by atoms with Gasteiger partial charge in [-0.25, -0.2) is 4.98 Å². The van der Waals surface area contributed by atoms with Crippen LogP contribution in [-0.2, 0) is 4.79 Å². The second-order valence-electron chi connectivity index (χ2n) is 6.47. The van der Waals surface area contributed by atoms with Crippen molar-refractivity contribution in [1.29, 1.82) is 0 Å². The number of aromatic nitrogens is 3. The lowest BCUT2D eigenvalue weighted by molar-refractivity contribution is -0.128. The summed E-state index contributed by atoms with van der Waals surface area (Å²) in [5, 5.41) is 8.03. The van der Waals surface area contributed by atoms with Gasteiger partial charge in [-0.1, -0.05) is 18.2 Å². The van der Waals surface area contributed by atoms with Gasteiger partial charge in [-0.2, -0.15) is 0 Å². The van der Waals surface area contributed by atoms with E-state index < -0.39 is 0 Å². The van der Waals surface area contributed by atoms with Crippen molar-refractivity contribution >= 4 is 23.5 Å². The number of piperazine rings is 1. The summed E-state index contributed by atoms with van der Waals surface area (Å²) >= 11 is 1.58. The fraction of sp³-hybridized carbons (Fsp3) is 0.300. The second kappa shape index (κ2) is 8.43. The predicted octanol–water partition coefficient (Wildman–Crippen LogP) is 2.88. The molecule has 1 saturated heterocycles. The van der Waals surface area contributed by atoms with Crippen LogP contribution in [0.2, 0.25) is 0 Å². The van der Waals surface area contributed by atoms with Gasteiger partial charge in [0, 0.05) is 44.2 Å². The van der Waals surface area contributed by atoms with Crippen molar-refractivity contribution in [2.24, 2.45) is 0 Å². The number of rotatable bonds is 5. The minimum absolute atomic E-state index is 0.169. The van der Waals surface area contributed by atoms with Gasteiger partial charge in [0.25, 0.3) is 5.89 Å². The lowest BCUT2D eigenvalue weighted by Gasteiger charge is -2.36. The second-order valence-corrected chi connectivity index (χ2v) is 7.52. The Hall–Kier alpha value is -2.87. The molecule has 0 saturated carbocycles. The number of thioether (sulfide) groups is 1. The molecular formula is C20H21N5O2S. The molecule has 3 aromatic rings. The Morgan fingerprint density at radius 2 is 1.86 bits per heavy atom. The van der Waals surface area contributed by atoms with Crippen molar-refractivity contribution in [1.82, 2.24) is 20.1 Å². The lowest BCUT2D eigenvalue weighted by atomic mass is 10.2. The van der Waals surface area contributed by atoms with Crippen LogP contribution in [0.3, 0.4) is 0 Å². The fourth-order valence-corrected chi connectivity index (χ4v) is 3.96. The Bertz CT molecular complexity index is 939. The molecule has 4 rings (SSSR count). The van der Waals surface area contributed by atoms with Crippen molar-refractivity contribution in [3.05, 3.63) is 54.6 Å². The molecule has 1 aliphatic rings. The highest BCUT2D eigenvalue weighted by Crippen LogP contribution is 2.28. The average Bonchev–Trinajstić information content (AvgIpc) is 3.19. The van der Waals surface area contributed by atoms with Crippen LogP contribution in [0.5, 0.6) is 0 Å². The van der Waals surface area contributed by atoms with E-state index >= 15 is 0 Å². The fourth-order valence-electron chi connectivity index (χ4n) is 3.14. The van der Waals surface area contributed by atoms with Gasteiger partial charge in [0.1, 0.15) is 5.82 Å². The maximum Gasteiger partial charge on any atom is 0.251 e. The lowest BCUT2D eigenvalue weighted by Crippen LogP contribution is -2.49. The van der Waals surface area contributed by atoms with E-state index in [2.05, 4.69) is 20.1 Å². The summed E-state index contributed by atoms with van der Waals surface area (Å²) in [6, 6.07) is 13.8. The Balaban J connectivity index is 1.37. The van der Waals surface area contributed by atoms with E-state index in [1.807, 2.05) is 47.4 Å². The Morgan fingerprint density at radius 1 is 1.07 bits per heavy atom. The van der Waals surface area contributed by atoms with Crippen LogP contribution >= 0.6 is 11.8 Å². The van der Waals surface area contributed by atoms with Crippen LogP contribution in [0, 0.1) is 6.92 Å². The van der Waals surface area contributed by atoms with Gasteiger partial charge in [-0.05, 0) is 24.3 Å². The minimum Gasteiger partial charge on any atom is -0.421 e. The molecule has 2 aromatic heterocycles. The van der Waals surface area contributed by atoms with E-state index in [1.54, 1.807) is 24.9 Å². The van der Waals surface area contributed by atoms with Crippen LogP contribution in [0.4, 0.5) is 5.82 Å². The third kappa shape index (κ3) is 4.17. The maximum absolute atomic E-state index is 12.5. The molecule has 144 valence electrons. The highest BCUT2D eigenvalue weighted by molar-refractivity contribution is 8.00. The number of carbonyl (C=O) groups excluding carboxylic acids is 1. The zero-order valence-corrected chi connectivity index (χ0v) is 16.4. The van der Waals surface area contributed by atoms with E-state index in [0.29, 0.717) is 30.6 Å². The summed E-state index contributed by atoms with van der Waals surface area (Å²) in [7, 11) is 0. The zero-order chi connectivity index (χ0) is 19.3. The number of amides is 1. The van der Waals surface area contributed by atoms with Gasteiger partial charge >= 0.3 is 0 Å². The largest absolute Gasteiger partial charge is 0.421 e. The SMILES string of the molecule is Cc1nnc(-c2cccnc2N2CCN(C(=O)CSc3ccccc3)CC2)o1. The number of anilines is 1. The van der Waals surface area contributed by atoms with Gasteiger partial charge < -0.3 is 14.2 Å². The van der Waals surface area contributed by atoms with E-state index in [4.69, 9.17) is 4.42 Å². The third-order valence-corrected chi connectivity index (χ3v) is 5.58. The molecule has 7 nitrogen and oxygen atoms in total. The number of benzene rings is 1. The molecule has 0 aliphatic carbocycles. The van der Waals surface area contributed by atoms with Crippen LogP contribution in [0.25, 0.3) is 11.5 Å². The molecular weight excluding hydrogens is 374 g/mol. The molecule has 1 amide bonds.